The monoisotopic (exact) mass is 504 g/mol. The molecule has 0 aliphatic heterocycles. The topological polar surface area (TPSA) is 115 Å². The van der Waals surface area contributed by atoms with Gasteiger partial charge in [0.1, 0.15) is 5.82 Å². The smallest absolute Gasteiger partial charge is 0.239 e. The van der Waals surface area contributed by atoms with Gasteiger partial charge in [-0.15, -0.1) is 0 Å². The highest BCUT2D eigenvalue weighted by Crippen LogP contribution is 2.21. The SMILES string of the molecule is CC(=O)N(NCc1cccc(F)c1Cl)[C@H](CON(C=O)c1cc2ccccc2cn1)C[C@H](O)CO. The van der Waals surface area contributed by atoms with Crippen molar-refractivity contribution in [3.8, 4) is 0 Å². The zero-order valence-electron chi connectivity index (χ0n) is 19.0. The van der Waals surface area contributed by atoms with E-state index in [1.165, 1.54) is 24.1 Å². The number of amides is 2. The molecule has 0 radical (unpaired) electrons. The Balaban J connectivity index is 1.77. The molecule has 186 valence electrons. The van der Waals surface area contributed by atoms with Crippen LogP contribution in [0.25, 0.3) is 10.8 Å². The number of halogens is 2. The van der Waals surface area contributed by atoms with Crippen LogP contribution in [0.15, 0.2) is 54.7 Å². The highest BCUT2D eigenvalue weighted by atomic mass is 35.5. The summed E-state index contributed by atoms with van der Waals surface area (Å²) in [4.78, 5) is 34.1. The largest absolute Gasteiger partial charge is 0.394 e. The second-order valence-electron chi connectivity index (χ2n) is 7.78. The quantitative estimate of drug-likeness (QED) is 0.256. The van der Waals surface area contributed by atoms with Crippen molar-refractivity contribution in [2.75, 3.05) is 18.3 Å². The highest BCUT2D eigenvalue weighted by molar-refractivity contribution is 6.31. The van der Waals surface area contributed by atoms with Gasteiger partial charge in [-0.05, 0) is 29.5 Å². The van der Waals surface area contributed by atoms with E-state index in [0.717, 1.165) is 15.8 Å². The minimum absolute atomic E-state index is 0.00547. The minimum atomic E-state index is -1.16. The van der Waals surface area contributed by atoms with Crippen LogP contribution in [0.2, 0.25) is 5.02 Å². The molecule has 0 saturated carbocycles. The average molecular weight is 505 g/mol. The Kier molecular flexibility index (Phi) is 9.47. The number of aromatic nitrogens is 1. The number of anilines is 1. The third-order valence-electron chi connectivity index (χ3n) is 5.27. The number of rotatable bonds is 12. The first-order chi connectivity index (χ1) is 16.8. The van der Waals surface area contributed by atoms with E-state index < -0.39 is 30.5 Å². The number of fused-ring (bicyclic) bond motifs is 1. The van der Waals surface area contributed by atoms with Crippen LogP contribution in [0.5, 0.6) is 0 Å². The van der Waals surface area contributed by atoms with E-state index in [1.807, 2.05) is 24.3 Å². The van der Waals surface area contributed by atoms with Gasteiger partial charge in [-0.2, -0.15) is 5.06 Å². The summed E-state index contributed by atoms with van der Waals surface area (Å²) >= 11 is 6.00. The van der Waals surface area contributed by atoms with Crippen LogP contribution in [0.4, 0.5) is 10.2 Å². The van der Waals surface area contributed by atoms with Gasteiger partial charge in [0.05, 0.1) is 30.4 Å². The molecule has 3 rings (SSSR count). The number of aliphatic hydroxyl groups is 2. The van der Waals surface area contributed by atoms with Crippen LogP contribution in [0, 0.1) is 5.82 Å². The molecule has 2 amide bonds. The van der Waals surface area contributed by atoms with E-state index >= 15 is 0 Å². The number of hydrogen-bond donors (Lipinski definition) is 3. The highest BCUT2D eigenvalue weighted by Gasteiger charge is 2.26. The number of carbonyl (C=O) groups excluding carboxylic acids is 2. The summed E-state index contributed by atoms with van der Waals surface area (Å²) in [5.41, 5.74) is 3.29. The molecule has 0 spiro atoms. The average Bonchev–Trinajstić information content (AvgIpc) is 2.86. The second kappa shape index (κ2) is 12.5. The lowest BCUT2D eigenvalue weighted by Gasteiger charge is -2.33. The van der Waals surface area contributed by atoms with Gasteiger partial charge in [0.25, 0.3) is 0 Å². The molecule has 3 aromatic rings. The fourth-order valence-electron chi connectivity index (χ4n) is 3.50. The molecule has 2 aromatic carbocycles. The number of hydrogen-bond acceptors (Lipinski definition) is 7. The van der Waals surface area contributed by atoms with Crippen LogP contribution >= 0.6 is 11.6 Å². The molecular weight excluding hydrogens is 479 g/mol. The van der Waals surface area contributed by atoms with E-state index in [4.69, 9.17) is 16.4 Å². The van der Waals surface area contributed by atoms with Gasteiger partial charge >= 0.3 is 0 Å². The lowest BCUT2D eigenvalue weighted by molar-refractivity contribution is -0.138. The molecule has 0 fully saturated rings. The number of hydroxylamine groups is 1. The second-order valence-corrected chi connectivity index (χ2v) is 8.16. The summed E-state index contributed by atoms with van der Waals surface area (Å²) in [6, 6.07) is 12.6. The van der Waals surface area contributed by atoms with Gasteiger partial charge in [0.15, 0.2) is 5.82 Å². The Morgan fingerprint density at radius 1 is 1.26 bits per heavy atom. The van der Waals surface area contributed by atoms with E-state index in [2.05, 4.69) is 10.4 Å². The summed E-state index contributed by atoms with van der Waals surface area (Å²) in [7, 11) is 0. The van der Waals surface area contributed by atoms with E-state index in [9.17, 15) is 24.2 Å². The van der Waals surface area contributed by atoms with E-state index in [0.29, 0.717) is 12.0 Å². The standard InChI is InChI=1S/C24H26ClFN4O5/c1-16(33)30(28-12-19-7-4-8-22(26)24(19)25)20(10-21(34)13-31)14-35-29(15-32)23-9-17-5-2-3-6-18(17)11-27-23/h2-9,11,15,20-21,28,31,34H,10,12-14H2,1H3/t20-,21-/m0/s1. The molecule has 2 atom stereocenters. The van der Waals surface area contributed by atoms with Gasteiger partial charge in [0, 0.05) is 25.1 Å². The fraction of sp³-hybridized carbons (Fsp3) is 0.292. The van der Waals surface area contributed by atoms with Gasteiger partial charge in [-0.3, -0.25) is 19.4 Å². The molecule has 11 heteroatoms. The van der Waals surface area contributed by atoms with Crippen LogP contribution in [-0.4, -0.2) is 57.9 Å². The van der Waals surface area contributed by atoms with E-state index in [-0.39, 0.29) is 30.4 Å². The van der Waals surface area contributed by atoms with Crippen molar-refractivity contribution in [3.05, 3.63) is 71.1 Å². The maximum atomic E-state index is 13.8. The molecular formula is C24H26ClFN4O5. The number of nitrogens with zero attached hydrogens (tertiary/aromatic N) is 3. The normalized spacial score (nSPS) is 12.8. The zero-order valence-corrected chi connectivity index (χ0v) is 19.7. The summed E-state index contributed by atoms with van der Waals surface area (Å²) in [5.74, 6) is -0.799. The number of pyridine rings is 1. The molecule has 3 N–H and O–H groups in total. The Morgan fingerprint density at radius 3 is 2.69 bits per heavy atom. The third-order valence-corrected chi connectivity index (χ3v) is 5.70. The molecule has 9 nitrogen and oxygen atoms in total. The maximum absolute atomic E-state index is 13.8. The predicted octanol–water partition coefficient (Wildman–Crippen LogP) is 2.59. The van der Waals surface area contributed by atoms with Crippen LogP contribution in [0.1, 0.15) is 18.9 Å². The van der Waals surface area contributed by atoms with Crippen molar-refractivity contribution < 1.29 is 29.0 Å². The Hall–Kier alpha value is -3.15. The van der Waals surface area contributed by atoms with Crippen LogP contribution in [-0.2, 0) is 21.0 Å². The van der Waals surface area contributed by atoms with Gasteiger partial charge in [-0.1, -0.05) is 48.0 Å². The molecule has 0 aliphatic carbocycles. The lowest BCUT2D eigenvalue weighted by atomic mass is 10.1. The molecule has 35 heavy (non-hydrogen) atoms. The van der Waals surface area contributed by atoms with Crippen LogP contribution in [0.3, 0.4) is 0 Å². The summed E-state index contributed by atoms with van der Waals surface area (Å²) in [5, 5.41) is 23.1. The van der Waals surface area contributed by atoms with Crippen molar-refractivity contribution >= 4 is 40.5 Å². The maximum Gasteiger partial charge on any atom is 0.239 e. The summed E-state index contributed by atoms with van der Waals surface area (Å²) in [6.45, 7) is 0.530. The minimum Gasteiger partial charge on any atom is -0.394 e. The zero-order chi connectivity index (χ0) is 25.4. The predicted molar refractivity (Wildman–Crippen MR) is 129 cm³/mol. The first-order valence-electron chi connectivity index (χ1n) is 10.8. The summed E-state index contributed by atoms with van der Waals surface area (Å²) < 4.78 is 13.8. The van der Waals surface area contributed by atoms with Crippen LogP contribution < -0.4 is 10.5 Å². The van der Waals surface area contributed by atoms with Gasteiger partial charge in [0.2, 0.25) is 12.3 Å². The molecule has 0 bridgehead atoms. The fourth-order valence-corrected chi connectivity index (χ4v) is 3.69. The molecule has 0 saturated heterocycles. The number of hydrazine groups is 1. The van der Waals surface area contributed by atoms with Crippen molar-refractivity contribution in [3.63, 3.8) is 0 Å². The molecule has 0 unspecified atom stereocenters. The van der Waals surface area contributed by atoms with Crippen molar-refractivity contribution in [2.45, 2.75) is 32.0 Å². The van der Waals surface area contributed by atoms with Crippen molar-refractivity contribution in [1.82, 2.24) is 15.4 Å². The van der Waals surface area contributed by atoms with Crippen molar-refractivity contribution in [1.29, 1.82) is 0 Å². The molecule has 1 heterocycles. The third kappa shape index (κ3) is 6.93. The first kappa shape index (κ1) is 26.5. The molecule has 1 aromatic heterocycles. The Labute approximate surface area is 206 Å². The number of carbonyl (C=O) groups is 2. The first-order valence-corrected chi connectivity index (χ1v) is 11.2. The number of aliphatic hydroxyl groups excluding tert-OH is 2. The van der Waals surface area contributed by atoms with Gasteiger partial charge in [-0.25, -0.2) is 14.8 Å². The number of benzene rings is 2. The summed E-state index contributed by atoms with van der Waals surface area (Å²) in [6.07, 6.45) is 0.810. The lowest BCUT2D eigenvalue weighted by Crippen LogP contribution is -2.52. The Morgan fingerprint density at radius 2 is 2.00 bits per heavy atom. The molecule has 0 aliphatic rings. The van der Waals surface area contributed by atoms with Gasteiger partial charge < -0.3 is 10.2 Å². The van der Waals surface area contributed by atoms with Crippen molar-refractivity contribution in [2.24, 2.45) is 0 Å². The Bertz CT molecular complexity index is 1170. The number of nitrogens with one attached hydrogen (secondary N) is 1. The van der Waals surface area contributed by atoms with E-state index in [1.54, 1.807) is 18.3 Å².